The molecule has 0 fully saturated rings. The van der Waals surface area contributed by atoms with Crippen molar-refractivity contribution in [1.82, 2.24) is 19.7 Å². The topological polar surface area (TPSA) is 81.9 Å². The Morgan fingerprint density at radius 3 is 2.89 bits per heavy atom. The fourth-order valence-electron chi connectivity index (χ4n) is 3.15. The summed E-state index contributed by atoms with van der Waals surface area (Å²) in [6.07, 6.45) is 3.43. The van der Waals surface area contributed by atoms with Crippen LogP contribution in [0.5, 0.6) is 0 Å². The molecule has 0 amide bonds. The van der Waals surface area contributed by atoms with Gasteiger partial charge in [0.2, 0.25) is 5.95 Å². The van der Waals surface area contributed by atoms with Gasteiger partial charge in [-0.25, -0.2) is 9.48 Å². The summed E-state index contributed by atoms with van der Waals surface area (Å²) in [5.41, 5.74) is 3.20. The lowest BCUT2D eigenvalue weighted by Gasteiger charge is -2.27. The molecule has 1 aliphatic heterocycles. The molecule has 0 aliphatic carbocycles. The van der Waals surface area contributed by atoms with Crippen molar-refractivity contribution in [2.45, 2.75) is 26.8 Å². The summed E-state index contributed by atoms with van der Waals surface area (Å²) >= 11 is 1.60. The SMILES string of the molecule is CCOC(=O)C1=C(C)Nc2nc(-c3cccnc3)nn2C1c1sccc1C. The quantitative estimate of drug-likeness (QED) is 0.696. The smallest absolute Gasteiger partial charge is 0.338 e. The predicted molar refractivity (Wildman–Crippen MR) is 103 cm³/mol. The van der Waals surface area contributed by atoms with E-state index in [-0.39, 0.29) is 12.0 Å². The van der Waals surface area contributed by atoms with E-state index in [1.54, 1.807) is 35.3 Å². The van der Waals surface area contributed by atoms with Crippen LogP contribution in [0, 0.1) is 6.92 Å². The van der Waals surface area contributed by atoms with E-state index in [0.717, 1.165) is 21.7 Å². The molecule has 27 heavy (non-hydrogen) atoms. The fourth-order valence-corrected chi connectivity index (χ4v) is 4.17. The van der Waals surface area contributed by atoms with Crippen LogP contribution in [0.15, 0.2) is 47.2 Å². The maximum atomic E-state index is 12.7. The van der Waals surface area contributed by atoms with E-state index >= 15 is 0 Å². The maximum Gasteiger partial charge on any atom is 0.338 e. The number of nitrogens with one attached hydrogen (secondary N) is 1. The van der Waals surface area contributed by atoms with Gasteiger partial charge in [0.15, 0.2) is 5.82 Å². The number of rotatable bonds is 4. The van der Waals surface area contributed by atoms with Crippen LogP contribution in [0.2, 0.25) is 0 Å². The number of hydrogen-bond acceptors (Lipinski definition) is 7. The van der Waals surface area contributed by atoms with E-state index in [4.69, 9.17) is 9.84 Å². The molecule has 4 rings (SSSR count). The number of nitrogens with zero attached hydrogens (tertiary/aromatic N) is 4. The van der Waals surface area contributed by atoms with Crippen LogP contribution < -0.4 is 5.32 Å². The third-order valence-corrected chi connectivity index (χ3v) is 5.49. The van der Waals surface area contributed by atoms with Crippen LogP contribution in [-0.2, 0) is 9.53 Å². The van der Waals surface area contributed by atoms with Crippen LogP contribution in [0.4, 0.5) is 5.95 Å². The first-order valence-corrected chi connectivity index (χ1v) is 9.54. The molecule has 3 aromatic heterocycles. The van der Waals surface area contributed by atoms with Gasteiger partial charge in [0.05, 0.1) is 12.2 Å². The Kier molecular flexibility index (Phi) is 4.49. The van der Waals surface area contributed by atoms with Crippen molar-refractivity contribution in [3.8, 4) is 11.4 Å². The minimum absolute atomic E-state index is 0.316. The van der Waals surface area contributed by atoms with Crippen molar-refractivity contribution >= 4 is 23.3 Å². The average Bonchev–Trinajstić information content (AvgIpc) is 3.27. The summed E-state index contributed by atoms with van der Waals surface area (Å²) in [5.74, 6) is 0.810. The number of thiophene rings is 1. The van der Waals surface area contributed by atoms with Gasteiger partial charge in [-0.15, -0.1) is 16.4 Å². The molecule has 0 saturated heterocycles. The zero-order valence-corrected chi connectivity index (χ0v) is 16.1. The van der Waals surface area contributed by atoms with Crippen LogP contribution in [0.25, 0.3) is 11.4 Å². The molecular weight excluding hydrogens is 362 g/mol. The van der Waals surface area contributed by atoms with Crippen molar-refractivity contribution in [3.05, 3.63) is 57.7 Å². The molecule has 0 radical (unpaired) electrons. The second-order valence-electron chi connectivity index (χ2n) is 6.20. The van der Waals surface area contributed by atoms with Crippen molar-refractivity contribution in [1.29, 1.82) is 0 Å². The van der Waals surface area contributed by atoms with E-state index in [2.05, 4.69) is 15.3 Å². The summed E-state index contributed by atoms with van der Waals surface area (Å²) in [6, 6.07) is 5.42. The number of hydrogen-bond donors (Lipinski definition) is 1. The number of aromatic nitrogens is 4. The van der Waals surface area contributed by atoms with Crippen molar-refractivity contribution in [3.63, 3.8) is 0 Å². The molecule has 138 valence electrons. The van der Waals surface area contributed by atoms with Gasteiger partial charge in [-0.1, -0.05) is 0 Å². The number of esters is 1. The minimum Gasteiger partial charge on any atom is -0.463 e. The van der Waals surface area contributed by atoms with Gasteiger partial charge in [-0.3, -0.25) is 4.98 Å². The number of carbonyl (C=O) groups excluding carboxylic acids is 1. The highest BCUT2D eigenvalue weighted by molar-refractivity contribution is 7.10. The first kappa shape index (κ1) is 17.4. The molecule has 0 spiro atoms. The molecule has 4 heterocycles. The van der Waals surface area contributed by atoms with Gasteiger partial charge in [-0.2, -0.15) is 4.98 Å². The van der Waals surface area contributed by atoms with Gasteiger partial charge < -0.3 is 10.1 Å². The van der Waals surface area contributed by atoms with Crippen molar-refractivity contribution < 1.29 is 9.53 Å². The van der Waals surface area contributed by atoms with Gasteiger partial charge in [0.25, 0.3) is 0 Å². The Morgan fingerprint density at radius 2 is 2.22 bits per heavy atom. The molecule has 0 saturated carbocycles. The lowest BCUT2D eigenvalue weighted by Crippen LogP contribution is -2.29. The highest BCUT2D eigenvalue weighted by Crippen LogP contribution is 2.39. The van der Waals surface area contributed by atoms with E-state index in [9.17, 15) is 4.79 Å². The molecule has 0 aromatic carbocycles. The molecule has 1 unspecified atom stereocenters. The molecule has 1 aliphatic rings. The lowest BCUT2D eigenvalue weighted by molar-refractivity contribution is -0.139. The number of carbonyl (C=O) groups is 1. The summed E-state index contributed by atoms with van der Waals surface area (Å²) in [7, 11) is 0. The highest BCUT2D eigenvalue weighted by Gasteiger charge is 2.36. The van der Waals surface area contributed by atoms with Gasteiger partial charge in [-0.05, 0) is 49.9 Å². The number of pyridine rings is 1. The molecule has 8 heteroatoms. The highest BCUT2D eigenvalue weighted by atomic mass is 32.1. The van der Waals surface area contributed by atoms with E-state index in [0.29, 0.717) is 24.0 Å². The molecule has 3 aromatic rings. The Labute approximate surface area is 160 Å². The zero-order chi connectivity index (χ0) is 19.0. The van der Waals surface area contributed by atoms with Crippen molar-refractivity contribution in [2.75, 3.05) is 11.9 Å². The van der Waals surface area contributed by atoms with E-state index in [1.807, 2.05) is 37.4 Å². The predicted octanol–water partition coefficient (Wildman–Crippen LogP) is 3.56. The Hall–Kier alpha value is -3.00. The summed E-state index contributed by atoms with van der Waals surface area (Å²) < 4.78 is 7.09. The third-order valence-electron chi connectivity index (χ3n) is 4.42. The van der Waals surface area contributed by atoms with Gasteiger partial charge in [0.1, 0.15) is 6.04 Å². The number of allylic oxidation sites excluding steroid dienone is 1. The second kappa shape index (κ2) is 6.96. The first-order valence-electron chi connectivity index (χ1n) is 8.66. The summed E-state index contributed by atoms with van der Waals surface area (Å²) in [6.45, 7) is 6.02. The van der Waals surface area contributed by atoms with Gasteiger partial charge in [0, 0.05) is 28.5 Å². The molecule has 7 nitrogen and oxygen atoms in total. The molecule has 1 N–H and O–H groups in total. The van der Waals surface area contributed by atoms with Crippen LogP contribution >= 0.6 is 11.3 Å². The monoisotopic (exact) mass is 381 g/mol. The first-order chi connectivity index (χ1) is 13.1. The standard InChI is InChI=1S/C19H19N5O2S/c1-4-26-18(25)14-12(3)21-19-22-17(13-6-5-8-20-10-13)23-24(19)15(14)16-11(2)7-9-27-16/h5-10,15H,4H2,1-3H3,(H,21,22,23). The normalized spacial score (nSPS) is 16.0. The number of aryl methyl sites for hydroxylation is 1. The molecular formula is C19H19N5O2S. The fraction of sp³-hybridized carbons (Fsp3) is 0.263. The van der Waals surface area contributed by atoms with E-state index in [1.165, 1.54) is 0 Å². The van der Waals surface area contributed by atoms with Crippen molar-refractivity contribution in [2.24, 2.45) is 0 Å². The number of anilines is 1. The number of fused-ring (bicyclic) bond motifs is 1. The maximum absolute atomic E-state index is 12.7. The minimum atomic E-state index is -0.377. The largest absolute Gasteiger partial charge is 0.463 e. The average molecular weight is 381 g/mol. The van der Waals surface area contributed by atoms with Crippen LogP contribution in [0.3, 0.4) is 0 Å². The Balaban J connectivity index is 1.87. The van der Waals surface area contributed by atoms with E-state index < -0.39 is 0 Å². The number of ether oxygens (including phenoxy) is 1. The summed E-state index contributed by atoms with van der Waals surface area (Å²) in [5, 5.41) is 9.91. The Bertz CT molecular complexity index is 1020. The lowest BCUT2D eigenvalue weighted by atomic mass is 10.00. The summed E-state index contributed by atoms with van der Waals surface area (Å²) in [4.78, 5) is 22.5. The second-order valence-corrected chi connectivity index (χ2v) is 7.15. The third kappa shape index (κ3) is 3.02. The molecule has 1 atom stereocenters. The zero-order valence-electron chi connectivity index (χ0n) is 15.3. The van der Waals surface area contributed by atoms with Crippen LogP contribution in [0.1, 0.15) is 30.3 Å². The molecule has 0 bridgehead atoms. The van der Waals surface area contributed by atoms with Crippen LogP contribution in [-0.4, -0.2) is 32.3 Å². The Morgan fingerprint density at radius 1 is 1.37 bits per heavy atom. The van der Waals surface area contributed by atoms with Gasteiger partial charge >= 0.3 is 5.97 Å².